The molecule has 0 aromatic rings. The molecule has 4 N–H and O–H groups in total. The third-order valence-electron chi connectivity index (χ3n) is 3.72. The van der Waals surface area contributed by atoms with Crippen LogP contribution in [0.15, 0.2) is 0 Å². The molecule has 19 heavy (non-hydrogen) atoms. The summed E-state index contributed by atoms with van der Waals surface area (Å²) in [7, 11) is 0. The lowest BCUT2D eigenvalue weighted by molar-refractivity contribution is -0.146. The fourth-order valence-electron chi connectivity index (χ4n) is 2.68. The predicted molar refractivity (Wildman–Crippen MR) is 69.0 cm³/mol. The van der Waals surface area contributed by atoms with Crippen molar-refractivity contribution in [3.05, 3.63) is 0 Å². The second-order valence-electron chi connectivity index (χ2n) is 5.76. The molecule has 2 amide bonds. The molecule has 0 aromatic carbocycles. The van der Waals surface area contributed by atoms with E-state index < -0.39 is 29.8 Å². The number of amides is 2. The van der Waals surface area contributed by atoms with Crippen molar-refractivity contribution in [2.24, 2.45) is 29.4 Å². The Morgan fingerprint density at radius 2 is 1.74 bits per heavy atom. The third kappa shape index (κ3) is 3.68. The fraction of sp³-hybridized carbons (Fsp3) is 0.769. The molecule has 6 heteroatoms. The van der Waals surface area contributed by atoms with Crippen LogP contribution < -0.4 is 11.1 Å². The van der Waals surface area contributed by atoms with Crippen LogP contribution in [-0.2, 0) is 14.4 Å². The van der Waals surface area contributed by atoms with Crippen molar-refractivity contribution in [3.63, 3.8) is 0 Å². The van der Waals surface area contributed by atoms with Crippen molar-refractivity contribution < 1.29 is 19.5 Å². The summed E-state index contributed by atoms with van der Waals surface area (Å²) in [6.45, 7) is 5.49. The van der Waals surface area contributed by atoms with Crippen molar-refractivity contribution in [3.8, 4) is 0 Å². The van der Waals surface area contributed by atoms with E-state index in [0.29, 0.717) is 12.8 Å². The normalized spacial score (nSPS) is 28.1. The number of nitrogens with one attached hydrogen (secondary N) is 1. The van der Waals surface area contributed by atoms with Gasteiger partial charge in [-0.3, -0.25) is 14.4 Å². The zero-order valence-electron chi connectivity index (χ0n) is 11.6. The van der Waals surface area contributed by atoms with Crippen LogP contribution in [0.2, 0.25) is 0 Å². The van der Waals surface area contributed by atoms with Crippen LogP contribution in [0.4, 0.5) is 0 Å². The van der Waals surface area contributed by atoms with Gasteiger partial charge in [0.25, 0.3) is 0 Å². The molecule has 1 aliphatic rings. The summed E-state index contributed by atoms with van der Waals surface area (Å²) >= 11 is 0. The largest absolute Gasteiger partial charge is 0.481 e. The van der Waals surface area contributed by atoms with Gasteiger partial charge in [-0.05, 0) is 24.7 Å². The molecular weight excluding hydrogens is 248 g/mol. The first-order valence-electron chi connectivity index (χ1n) is 6.56. The van der Waals surface area contributed by atoms with Crippen molar-refractivity contribution in [1.82, 2.24) is 5.32 Å². The van der Waals surface area contributed by atoms with Crippen LogP contribution in [-0.4, -0.2) is 28.9 Å². The number of hydrogen-bond acceptors (Lipinski definition) is 3. The third-order valence-corrected chi connectivity index (χ3v) is 3.72. The lowest BCUT2D eigenvalue weighted by Gasteiger charge is -2.22. The van der Waals surface area contributed by atoms with Crippen LogP contribution in [0, 0.1) is 23.7 Å². The van der Waals surface area contributed by atoms with Crippen LogP contribution in [0.25, 0.3) is 0 Å². The minimum atomic E-state index is -0.954. The fourth-order valence-corrected chi connectivity index (χ4v) is 2.68. The van der Waals surface area contributed by atoms with Gasteiger partial charge in [0.1, 0.15) is 6.04 Å². The van der Waals surface area contributed by atoms with E-state index in [2.05, 4.69) is 5.32 Å². The second kappa shape index (κ2) is 6.04. The Hall–Kier alpha value is -1.59. The van der Waals surface area contributed by atoms with Gasteiger partial charge in [-0.1, -0.05) is 20.8 Å². The minimum Gasteiger partial charge on any atom is -0.481 e. The van der Waals surface area contributed by atoms with Crippen LogP contribution in [0.1, 0.15) is 33.6 Å². The molecule has 1 fully saturated rings. The van der Waals surface area contributed by atoms with E-state index in [1.54, 1.807) is 13.8 Å². The molecule has 0 heterocycles. The first kappa shape index (κ1) is 15.5. The first-order valence-corrected chi connectivity index (χ1v) is 6.56. The van der Waals surface area contributed by atoms with Gasteiger partial charge in [-0.2, -0.15) is 0 Å². The molecule has 6 nitrogen and oxygen atoms in total. The highest BCUT2D eigenvalue weighted by molar-refractivity contribution is 5.90. The molecule has 1 saturated carbocycles. The quantitative estimate of drug-likeness (QED) is 0.670. The zero-order chi connectivity index (χ0) is 14.7. The highest BCUT2D eigenvalue weighted by Crippen LogP contribution is 2.36. The van der Waals surface area contributed by atoms with Gasteiger partial charge in [-0.15, -0.1) is 0 Å². The summed E-state index contributed by atoms with van der Waals surface area (Å²) in [5, 5.41) is 11.7. The Kier molecular flexibility index (Phi) is 4.91. The van der Waals surface area contributed by atoms with Gasteiger partial charge < -0.3 is 16.2 Å². The van der Waals surface area contributed by atoms with Crippen molar-refractivity contribution in [2.75, 3.05) is 0 Å². The number of carboxylic acid groups (broad SMARTS) is 1. The highest BCUT2D eigenvalue weighted by Gasteiger charge is 2.42. The maximum Gasteiger partial charge on any atom is 0.307 e. The molecule has 4 unspecified atom stereocenters. The number of carbonyl (C=O) groups excluding carboxylic acids is 2. The monoisotopic (exact) mass is 270 g/mol. The number of rotatable bonds is 5. The lowest BCUT2D eigenvalue weighted by atomic mass is 9.94. The molecule has 4 atom stereocenters. The van der Waals surface area contributed by atoms with Crippen LogP contribution >= 0.6 is 0 Å². The Morgan fingerprint density at radius 3 is 2.16 bits per heavy atom. The minimum absolute atomic E-state index is 0.122. The van der Waals surface area contributed by atoms with Gasteiger partial charge in [0.2, 0.25) is 11.8 Å². The Bertz CT molecular complexity index is 381. The molecule has 0 aliphatic heterocycles. The van der Waals surface area contributed by atoms with E-state index in [-0.39, 0.29) is 17.7 Å². The molecule has 108 valence electrons. The van der Waals surface area contributed by atoms with E-state index in [9.17, 15) is 14.4 Å². The summed E-state index contributed by atoms with van der Waals surface area (Å²) < 4.78 is 0. The first-order chi connectivity index (χ1) is 8.73. The molecule has 0 aromatic heterocycles. The Labute approximate surface area is 112 Å². The van der Waals surface area contributed by atoms with Gasteiger partial charge in [-0.25, -0.2) is 0 Å². The maximum absolute atomic E-state index is 12.1. The second-order valence-corrected chi connectivity index (χ2v) is 5.76. The lowest BCUT2D eigenvalue weighted by Crippen LogP contribution is -2.50. The number of hydrogen-bond donors (Lipinski definition) is 3. The van der Waals surface area contributed by atoms with Gasteiger partial charge in [0.15, 0.2) is 0 Å². The topological polar surface area (TPSA) is 109 Å². The van der Waals surface area contributed by atoms with Crippen LogP contribution in [0.3, 0.4) is 0 Å². The summed E-state index contributed by atoms with van der Waals surface area (Å²) in [4.78, 5) is 34.5. The average molecular weight is 270 g/mol. The number of carbonyl (C=O) groups is 3. The molecule has 0 radical (unpaired) electrons. The van der Waals surface area contributed by atoms with E-state index in [4.69, 9.17) is 10.8 Å². The SMILES string of the molecule is CC1CC(C(=O)O)C(C(=O)NC(C(N)=O)C(C)C)C1. The maximum atomic E-state index is 12.1. The van der Waals surface area contributed by atoms with Crippen LogP contribution in [0.5, 0.6) is 0 Å². The van der Waals surface area contributed by atoms with Gasteiger partial charge >= 0.3 is 5.97 Å². The molecule has 1 rings (SSSR count). The summed E-state index contributed by atoms with van der Waals surface area (Å²) in [6, 6.07) is -0.752. The van der Waals surface area contributed by atoms with Gasteiger partial charge in [0.05, 0.1) is 11.8 Å². The van der Waals surface area contributed by atoms with Crippen molar-refractivity contribution in [1.29, 1.82) is 0 Å². The molecule has 0 bridgehead atoms. The zero-order valence-corrected chi connectivity index (χ0v) is 11.6. The number of aliphatic carboxylic acids is 1. The predicted octanol–water partition coefficient (Wildman–Crippen LogP) is 0.359. The summed E-state index contributed by atoms with van der Waals surface area (Å²) in [5.74, 6) is -3.10. The smallest absolute Gasteiger partial charge is 0.307 e. The highest BCUT2D eigenvalue weighted by atomic mass is 16.4. The van der Waals surface area contributed by atoms with Crippen molar-refractivity contribution >= 4 is 17.8 Å². The van der Waals surface area contributed by atoms with Gasteiger partial charge in [0, 0.05) is 0 Å². The van der Waals surface area contributed by atoms with E-state index >= 15 is 0 Å². The molecule has 0 saturated heterocycles. The van der Waals surface area contributed by atoms with E-state index in [1.807, 2.05) is 6.92 Å². The summed E-state index contributed by atoms with van der Waals surface area (Å²) in [5.41, 5.74) is 5.24. The number of nitrogens with two attached hydrogens (primary N) is 1. The van der Waals surface area contributed by atoms with E-state index in [0.717, 1.165) is 0 Å². The summed E-state index contributed by atoms with van der Waals surface area (Å²) in [6.07, 6.45) is 1.03. The van der Waals surface area contributed by atoms with Crippen molar-refractivity contribution in [2.45, 2.75) is 39.7 Å². The van der Waals surface area contributed by atoms with E-state index in [1.165, 1.54) is 0 Å². The average Bonchev–Trinajstić information content (AvgIpc) is 2.67. The standard InChI is InChI=1S/C13H22N2O4/c1-6(2)10(11(14)16)15-12(17)8-4-7(3)5-9(8)13(18)19/h6-10H,4-5H2,1-3H3,(H2,14,16)(H,15,17)(H,18,19). The molecule has 1 aliphatic carbocycles. The number of primary amides is 1. The molecular formula is C13H22N2O4. The Morgan fingerprint density at radius 1 is 1.21 bits per heavy atom. The Balaban J connectivity index is 2.76. The number of carboxylic acids is 1. The molecule has 0 spiro atoms.